The number of rotatable bonds is 7. The Morgan fingerprint density at radius 1 is 0.967 bits per heavy atom. The van der Waals surface area contributed by atoms with Crippen molar-refractivity contribution < 1.29 is 18.8 Å². The number of hydrogen-bond acceptors (Lipinski definition) is 4. The standard InChI is InChI=1S/C24H22N2O4/c1-2-12-25(15-17-7-4-3-5-8-17)22(27)18-10-11-20-21(14-18)24(29)26(23(20)28)16-19-9-6-13-30-19/h3-11,13-14H,2,12,15-16H2,1H3. The normalized spacial score (nSPS) is 12.9. The van der Waals surface area contributed by atoms with Gasteiger partial charge in [-0.2, -0.15) is 0 Å². The summed E-state index contributed by atoms with van der Waals surface area (Å²) in [5.74, 6) is -0.419. The van der Waals surface area contributed by atoms with Gasteiger partial charge in [0.2, 0.25) is 0 Å². The lowest BCUT2D eigenvalue weighted by molar-refractivity contribution is 0.0631. The number of imide groups is 1. The van der Waals surface area contributed by atoms with Crippen LogP contribution in [0.3, 0.4) is 0 Å². The molecule has 1 aliphatic heterocycles. The zero-order valence-corrected chi connectivity index (χ0v) is 16.7. The van der Waals surface area contributed by atoms with Crippen molar-refractivity contribution in [2.45, 2.75) is 26.4 Å². The molecule has 30 heavy (non-hydrogen) atoms. The Hall–Kier alpha value is -3.67. The lowest BCUT2D eigenvalue weighted by Gasteiger charge is -2.22. The quantitative estimate of drug-likeness (QED) is 0.557. The molecule has 1 aromatic heterocycles. The van der Waals surface area contributed by atoms with Crippen LogP contribution in [0.25, 0.3) is 0 Å². The zero-order chi connectivity index (χ0) is 21.1. The average molecular weight is 402 g/mol. The van der Waals surface area contributed by atoms with Gasteiger partial charge in [-0.25, -0.2) is 0 Å². The minimum absolute atomic E-state index is 0.0680. The highest BCUT2D eigenvalue weighted by Gasteiger charge is 2.36. The third-order valence-corrected chi connectivity index (χ3v) is 5.11. The summed E-state index contributed by atoms with van der Waals surface area (Å²) >= 11 is 0. The molecule has 0 bridgehead atoms. The topological polar surface area (TPSA) is 70.8 Å². The second kappa shape index (κ2) is 8.37. The number of amides is 3. The minimum atomic E-state index is -0.411. The Kier molecular flexibility index (Phi) is 5.48. The molecule has 1 aliphatic rings. The van der Waals surface area contributed by atoms with Gasteiger partial charge in [0.05, 0.1) is 23.9 Å². The van der Waals surface area contributed by atoms with E-state index in [1.165, 1.54) is 12.3 Å². The highest BCUT2D eigenvalue weighted by Crippen LogP contribution is 2.26. The molecule has 0 fully saturated rings. The number of carbonyl (C=O) groups is 3. The molecule has 2 aromatic carbocycles. The summed E-state index contributed by atoms with van der Waals surface area (Å²) in [6.45, 7) is 3.17. The van der Waals surface area contributed by atoms with Gasteiger partial charge in [-0.3, -0.25) is 19.3 Å². The van der Waals surface area contributed by atoms with Crippen LogP contribution in [0, 0.1) is 0 Å². The van der Waals surface area contributed by atoms with E-state index in [2.05, 4.69) is 0 Å². The first kappa shape index (κ1) is 19.6. The highest BCUT2D eigenvalue weighted by atomic mass is 16.3. The Morgan fingerprint density at radius 2 is 1.73 bits per heavy atom. The summed E-state index contributed by atoms with van der Waals surface area (Å²) in [6.07, 6.45) is 2.32. The van der Waals surface area contributed by atoms with E-state index in [9.17, 15) is 14.4 Å². The first-order valence-corrected chi connectivity index (χ1v) is 9.94. The molecule has 3 amide bonds. The van der Waals surface area contributed by atoms with Crippen molar-refractivity contribution in [3.8, 4) is 0 Å². The second-order valence-corrected chi connectivity index (χ2v) is 7.25. The molecule has 2 heterocycles. The zero-order valence-electron chi connectivity index (χ0n) is 16.7. The molecule has 6 nitrogen and oxygen atoms in total. The molecule has 0 aliphatic carbocycles. The Morgan fingerprint density at radius 3 is 2.43 bits per heavy atom. The third-order valence-electron chi connectivity index (χ3n) is 5.11. The van der Waals surface area contributed by atoms with Gasteiger partial charge in [-0.1, -0.05) is 37.3 Å². The predicted molar refractivity (Wildman–Crippen MR) is 111 cm³/mol. The Balaban J connectivity index is 1.58. The lowest BCUT2D eigenvalue weighted by atomic mass is 10.0. The smallest absolute Gasteiger partial charge is 0.261 e. The lowest BCUT2D eigenvalue weighted by Crippen LogP contribution is -2.31. The van der Waals surface area contributed by atoms with E-state index < -0.39 is 5.91 Å². The van der Waals surface area contributed by atoms with Crippen molar-refractivity contribution in [1.29, 1.82) is 0 Å². The first-order chi connectivity index (χ1) is 14.6. The molecule has 3 aromatic rings. The van der Waals surface area contributed by atoms with Gasteiger partial charge in [0.25, 0.3) is 17.7 Å². The van der Waals surface area contributed by atoms with Gasteiger partial charge in [0.1, 0.15) is 5.76 Å². The number of benzene rings is 2. The van der Waals surface area contributed by atoms with Crippen molar-refractivity contribution >= 4 is 17.7 Å². The largest absolute Gasteiger partial charge is 0.467 e. The van der Waals surface area contributed by atoms with Gasteiger partial charge in [0.15, 0.2) is 0 Å². The van der Waals surface area contributed by atoms with Crippen LogP contribution in [-0.4, -0.2) is 34.1 Å². The predicted octanol–water partition coefficient (Wildman–Crippen LogP) is 4.13. The fourth-order valence-electron chi connectivity index (χ4n) is 3.63. The number of furan rings is 1. The summed E-state index contributed by atoms with van der Waals surface area (Å²) in [7, 11) is 0. The van der Waals surface area contributed by atoms with Gasteiger partial charge in [-0.05, 0) is 42.3 Å². The Bertz CT molecular complexity index is 1070. The third kappa shape index (κ3) is 3.76. The molecular weight excluding hydrogens is 380 g/mol. The molecule has 0 saturated carbocycles. The molecule has 6 heteroatoms. The maximum absolute atomic E-state index is 13.2. The van der Waals surface area contributed by atoms with Crippen molar-refractivity contribution in [3.05, 3.63) is 94.9 Å². The first-order valence-electron chi connectivity index (χ1n) is 9.94. The van der Waals surface area contributed by atoms with E-state index in [-0.39, 0.29) is 23.9 Å². The molecule has 0 saturated heterocycles. The average Bonchev–Trinajstić information content (AvgIpc) is 3.36. The Labute approximate surface area is 174 Å². The monoisotopic (exact) mass is 402 g/mol. The SMILES string of the molecule is CCCN(Cc1ccccc1)C(=O)c1ccc2c(c1)C(=O)N(Cc1ccco1)C2=O. The molecule has 4 rings (SSSR count). The number of fused-ring (bicyclic) bond motifs is 1. The molecule has 0 spiro atoms. The van der Waals surface area contributed by atoms with E-state index in [1.54, 1.807) is 29.2 Å². The summed E-state index contributed by atoms with van der Waals surface area (Å²) in [6, 6.07) is 17.9. The highest BCUT2D eigenvalue weighted by molar-refractivity contribution is 6.22. The molecule has 0 unspecified atom stereocenters. The van der Waals surface area contributed by atoms with Crippen LogP contribution in [0.2, 0.25) is 0 Å². The summed E-state index contributed by atoms with van der Waals surface area (Å²) < 4.78 is 5.26. The molecule has 0 N–H and O–H groups in total. The number of hydrogen-bond donors (Lipinski definition) is 0. The fraction of sp³-hybridized carbons (Fsp3) is 0.208. The maximum atomic E-state index is 13.2. The van der Waals surface area contributed by atoms with E-state index in [0.29, 0.717) is 30.0 Å². The maximum Gasteiger partial charge on any atom is 0.261 e. The molecule has 0 atom stereocenters. The van der Waals surface area contributed by atoms with Gasteiger partial charge >= 0.3 is 0 Å². The summed E-state index contributed by atoms with van der Waals surface area (Å²) in [4.78, 5) is 41.6. The van der Waals surface area contributed by atoms with Crippen LogP contribution >= 0.6 is 0 Å². The van der Waals surface area contributed by atoms with Crippen LogP contribution in [-0.2, 0) is 13.1 Å². The van der Waals surface area contributed by atoms with Crippen LogP contribution in [0.4, 0.5) is 0 Å². The van der Waals surface area contributed by atoms with Crippen LogP contribution in [0.5, 0.6) is 0 Å². The fourth-order valence-corrected chi connectivity index (χ4v) is 3.63. The summed E-state index contributed by atoms with van der Waals surface area (Å²) in [5.41, 5.74) is 2.01. The van der Waals surface area contributed by atoms with Crippen LogP contribution in [0.15, 0.2) is 71.3 Å². The van der Waals surface area contributed by atoms with Crippen molar-refractivity contribution in [1.82, 2.24) is 9.80 Å². The van der Waals surface area contributed by atoms with Crippen molar-refractivity contribution in [2.75, 3.05) is 6.54 Å². The number of nitrogens with zero attached hydrogens (tertiary/aromatic N) is 2. The van der Waals surface area contributed by atoms with Crippen molar-refractivity contribution in [3.63, 3.8) is 0 Å². The van der Waals surface area contributed by atoms with Crippen LogP contribution < -0.4 is 0 Å². The van der Waals surface area contributed by atoms with Gasteiger partial charge < -0.3 is 9.32 Å². The van der Waals surface area contributed by atoms with Gasteiger partial charge in [-0.15, -0.1) is 0 Å². The van der Waals surface area contributed by atoms with E-state index >= 15 is 0 Å². The van der Waals surface area contributed by atoms with Crippen LogP contribution in [0.1, 0.15) is 55.7 Å². The molecule has 152 valence electrons. The molecule has 0 radical (unpaired) electrons. The minimum Gasteiger partial charge on any atom is -0.467 e. The van der Waals surface area contributed by atoms with Gasteiger partial charge in [0, 0.05) is 18.7 Å². The van der Waals surface area contributed by atoms with E-state index in [1.807, 2.05) is 37.3 Å². The van der Waals surface area contributed by atoms with E-state index in [0.717, 1.165) is 16.9 Å². The molecular formula is C24H22N2O4. The second-order valence-electron chi connectivity index (χ2n) is 7.25. The van der Waals surface area contributed by atoms with Crippen molar-refractivity contribution in [2.24, 2.45) is 0 Å². The number of carbonyl (C=O) groups excluding carboxylic acids is 3. The summed E-state index contributed by atoms with van der Waals surface area (Å²) in [5, 5.41) is 0. The van der Waals surface area contributed by atoms with E-state index in [4.69, 9.17) is 4.42 Å².